The van der Waals surface area contributed by atoms with Gasteiger partial charge in [0.25, 0.3) is 11.1 Å². The molecule has 2 amide bonds. The Morgan fingerprint density at radius 2 is 2.20 bits per heavy atom. The van der Waals surface area contributed by atoms with E-state index in [-0.39, 0.29) is 4.91 Å². The number of methoxy groups -OCH3 is 1. The van der Waals surface area contributed by atoms with Crippen molar-refractivity contribution in [3.8, 4) is 5.75 Å². The first-order valence-electron chi connectivity index (χ1n) is 5.62. The average Bonchev–Trinajstić information content (AvgIpc) is 2.66. The molecule has 20 heavy (non-hydrogen) atoms. The number of carbonyl (C=O) groups is 3. The minimum atomic E-state index is -1.23. The van der Waals surface area contributed by atoms with Gasteiger partial charge in [-0.25, -0.2) is 0 Å². The quantitative estimate of drug-likeness (QED) is 0.852. The standard InChI is InChI=1S/C13H11NO5S/c1-19-9-4-2-3-8(5-9)6-10-12(17)14(7-11(15)16)13(18)20-10/h2-6H,7H2,1H3,(H,15,16). The van der Waals surface area contributed by atoms with E-state index in [1.165, 1.54) is 13.2 Å². The van der Waals surface area contributed by atoms with Gasteiger partial charge in [-0.3, -0.25) is 19.3 Å². The topological polar surface area (TPSA) is 83.9 Å². The molecule has 0 aliphatic carbocycles. The van der Waals surface area contributed by atoms with Crippen LogP contribution >= 0.6 is 11.8 Å². The van der Waals surface area contributed by atoms with Crippen molar-refractivity contribution in [3.63, 3.8) is 0 Å². The predicted octanol–water partition coefficient (Wildman–Crippen LogP) is 1.82. The van der Waals surface area contributed by atoms with E-state index in [1.807, 2.05) is 0 Å². The van der Waals surface area contributed by atoms with Crippen molar-refractivity contribution in [1.29, 1.82) is 0 Å². The molecule has 1 heterocycles. The average molecular weight is 293 g/mol. The van der Waals surface area contributed by atoms with Gasteiger partial charge in [-0.2, -0.15) is 0 Å². The molecule has 0 atom stereocenters. The van der Waals surface area contributed by atoms with Gasteiger partial charge in [0.1, 0.15) is 12.3 Å². The zero-order valence-electron chi connectivity index (χ0n) is 10.5. The summed E-state index contributed by atoms with van der Waals surface area (Å²) in [5.74, 6) is -1.19. The Morgan fingerprint density at radius 1 is 1.45 bits per heavy atom. The first-order chi connectivity index (χ1) is 9.51. The molecule has 0 unspecified atom stereocenters. The van der Waals surface area contributed by atoms with Crippen molar-refractivity contribution in [1.82, 2.24) is 4.90 Å². The fraction of sp³-hybridized carbons (Fsp3) is 0.154. The third-order valence-electron chi connectivity index (χ3n) is 2.56. The molecule has 0 saturated carbocycles. The van der Waals surface area contributed by atoms with Crippen molar-refractivity contribution < 1.29 is 24.2 Å². The number of carbonyl (C=O) groups excluding carboxylic acids is 2. The van der Waals surface area contributed by atoms with E-state index in [0.29, 0.717) is 16.2 Å². The highest BCUT2D eigenvalue weighted by atomic mass is 32.2. The Hall–Kier alpha value is -2.28. The third-order valence-corrected chi connectivity index (χ3v) is 3.47. The molecule has 1 aromatic carbocycles. The monoisotopic (exact) mass is 293 g/mol. The molecular formula is C13H11NO5S. The summed E-state index contributed by atoms with van der Waals surface area (Å²) in [5.41, 5.74) is 0.699. The molecule has 1 saturated heterocycles. The lowest BCUT2D eigenvalue weighted by molar-refractivity contribution is -0.140. The fourth-order valence-corrected chi connectivity index (χ4v) is 2.49. The summed E-state index contributed by atoms with van der Waals surface area (Å²) in [6.45, 7) is -0.625. The number of amides is 2. The Labute approximate surface area is 119 Å². The maximum atomic E-state index is 11.9. The zero-order chi connectivity index (χ0) is 14.7. The van der Waals surface area contributed by atoms with Gasteiger partial charge in [-0.15, -0.1) is 0 Å². The molecule has 6 nitrogen and oxygen atoms in total. The van der Waals surface area contributed by atoms with Crippen LogP contribution in [0.5, 0.6) is 5.75 Å². The molecule has 0 radical (unpaired) electrons. The van der Waals surface area contributed by atoms with Crippen LogP contribution in [0.1, 0.15) is 5.56 Å². The lowest BCUT2D eigenvalue weighted by atomic mass is 10.2. The molecule has 1 aliphatic heterocycles. The van der Waals surface area contributed by atoms with Gasteiger partial charge in [0.2, 0.25) is 0 Å². The maximum absolute atomic E-state index is 11.9. The van der Waals surface area contributed by atoms with Crippen LogP contribution in [0, 0.1) is 0 Å². The number of carboxylic acid groups (broad SMARTS) is 1. The minimum absolute atomic E-state index is 0.199. The number of imide groups is 1. The van der Waals surface area contributed by atoms with E-state index >= 15 is 0 Å². The number of aliphatic carboxylic acids is 1. The molecule has 0 aromatic heterocycles. The lowest BCUT2D eigenvalue weighted by Crippen LogP contribution is -2.33. The van der Waals surface area contributed by atoms with Gasteiger partial charge in [0.05, 0.1) is 12.0 Å². The Morgan fingerprint density at radius 3 is 2.85 bits per heavy atom. The van der Waals surface area contributed by atoms with Crippen molar-refractivity contribution in [2.45, 2.75) is 0 Å². The highest BCUT2D eigenvalue weighted by molar-refractivity contribution is 8.18. The summed E-state index contributed by atoms with van der Waals surface area (Å²) in [5, 5.41) is 8.09. The smallest absolute Gasteiger partial charge is 0.323 e. The highest BCUT2D eigenvalue weighted by Crippen LogP contribution is 2.32. The first kappa shape index (κ1) is 14.1. The van der Waals surface area contributed by atoms with Crippen LogP contribution in [0.25, 0.3) is 6.08 Å². The number of nitrogens with zero attached hydrogens (tertiary/aromatic N) is 1. The number of thioether (sulfide) groups is 1. The normalized spacial score (nSPS) is 16.9. The summed E-state index contributed by atoms with van der Waals surface area (Å²) >= 11 is 0.726. The largest absolute Gasteiger partial charge is 0.497 e. The molecule has 1 aromatic rings. The van der Waals surface area contributed by atoms with Crippen LogP contribution in [0.3, 0.4) is 0 Å². The molecule has 0 spiro atoms. The molecule has 1 fully saturated rings. The zero-order valence-corrected chi connectivity index (χ0v) is 11.3. The van der Waals surface area contributed by atoms with Gasteiger partial charge < -0.3 is 9.84 Å². The van der Waals surface area contributed by atoms with Gasteiger partial charge >= 0.3 is 5.97 Å². The molecular weight excluding hydrogens is 282 g/mol. The summed E-state index contributed by atoms with van der Waals surface area (Å²) in [4.78, 5) is 35.0. The summed E-state index contributed by atoms with van der Waals surface area (Å²) in [7, 11) is 1.53. The van der Waals surface area contributed by atoms with Gasteiger partial charge in [0, 0.05) is 0 Å². The second-order valence-corrected chi connectivity index (χ2v) is 4.93. The number of rotatable bonds is 4. The van der Waals surface area contributed by atoms with Crippen LogP contribution < -0.4 is 4.74 Å². The predicted molar refractivity (Wildman–Crippen MR) is 73.3 cm³/mol. The van der Waals surface area contributed by atoms with Crippen LogP contribution in [0.2, 0.25) is 0 Å². The number of ether oxygens (including phenoxy) is 1. The van der Waals surface area contributed by atoms with Crippen LogP contribution in [0.4, 0.5) is 4.79 Å². The number of hydrogen-bond acceptors (Lipinski definition) is 5. The van der Waals surface area contributed by atoms with E-state index in [0.717, 1.165) is 11.8 Å². The highest BCUT2D eigenvalue weighted by Gasteiger charge is 2.36. The lowest BCUT2D eigenvalue weighted by Gasteiger charge is -2.07. The van der Waals surface area contributed by atoms with Crippen LogP contribution in [-0.2, 0) is 9.59 Å². The molecule has 7 heteroatoms. The molecule has 2 rings (SSSR count). The minimum Gasteiger partial charge on any atom is -0.497 e. The Balaban J connectivity index is 2.25. The van der Waals surface area contributed by atoms with E-state index in [4.69, 9.17) is 9.84 Å². The second-order valence-electron chi connectivity index (χ2n) is 3.94. The Kier molecular flexibility index (Phi) is 4.09. The van der Waals surface area contributed by atoms with Gasteiger partial charge in [-0.05, 0) is 35.5 Å². The van der Waals surface area contributed by atoms with Crippen molar-refractivity contribution in [2.24, 2.45) is 0 Å². The summed E-state index contributed by atoms with van der Waals surface area (Å²) < 4.78 is 5.06. The van der Waals surface area contributed by atoms with E-state index in [1.54, 1.807) is 24.3 Å². The Bertz CT molecular complexity index is 611. The summed E-state index contributed by atoms with van der Waals surface area (Å²) in [6.07, 6.45) is 1.54. The molecule has 1 N–H and O–H groups in total. The van der Waals surface area contributed by atoms with E-state index in [2.05, 4.69) is 0 Å². The molecule has 1 aliphatic rings. The fourth-order valence-electron chi connectivity index (χ4n) is 1.65. The van der Waals surface area contributed by atoms with Crippen LogP contribution in [0.15, 0.2) is 29.2 Å². The second kappa shape index (κ2) is 5.79. The van der Waals surface area contributed by atoms with Crippen LogP contribution in [-0.4, -0.2) is 40.8 Å². The number of hydrogen-bond donors (Lipinski definition) is 1. The summed E-state index contributed by atoms with van der Waals surface area (Å²) in [6, 6.07) is 6.98. The first-order valence-corrected chi connectivity index (χ1v) is 6.44. The van der Waals surface area contributed by atoms with E-state index in [9.17, 15) is 14.4 Å². The van der Waals surface area contributed by atoms with Gasteiger partial charge in [-0.1, -0.05) is 12.1 Å². The molecule has 104 valence electrons. The number of benzene rings is 1. The van der Waals surface area contributed by atoms with Crippen molar-refractivity contribution >= 4 is 35.0 Å². The van der Waals surface area contributed by atoms with Crippen molar-refractivity contribution in [3.05, 3.63) is 34.7 Å². The SMILES string of the molecule is COc1cccc(C=C2SC(=O)N(CC(=O)O)C2=O)c1. The van der Waals surface area contributed by atoms with Crippen molar-refractivity contribution in [2.75, 3.05) is 13.7 Å². The number of carboxylic acids is 1. The van der Waals surface area contributed by atoms with E-state index < -0.39 is 23.7 Å². The maximum Gasteiger partial charge on any atom is 0.323 e. The third kappa shape index (κ3) is 3.00. The molecule has 0 bridgehead atoms. The van der Waals surface area contributed by atoms with Gasteiger partial charge in [0.15, 0.2) is 0 Å².